The van der Waals surface area contributed by atoms with Crippen molar-refractivity contribution >= 4 is 0 Å². The summed E-state index contributed by atoms with van der Waals surface area (Å²) in [6.07, 6.45) is 4.98. The van der Waals surface area contributed by atoms with E-state index in [0.717, 1.165) is 19.7 Å². The summed E-state index contributed by atoms with van der Waals surface area (Å²) < 4.78 is 5.68. The summed E-state index contributed by atoms with van der Waals surface area (Å²) in [7, 11) is 0. The predicted molar refractivity (Wildman–Crippen MR) is 59.6 cm³/mol. The number of hydrogen-bond donors (Lipinski definition) is 1. The molecule has 1 aromatic heterocycles. The lowest BCUT2D eigenvalue weighted by Gasteiger charge is -2.09. The van der Waals surface area contributed by atoms with Crippen molar-refractivity contribution in [3.8, 4) is 0 Å². The van der Waals surface area contributed by atoms with E-state index in [1.165, 1.54) is 17.5 Å². The Bertz CT molecular complexity index is 308. The summed E-state index contributed by atoms with van der Waals surface area (Å²) >= 11 is 0. The van der Waals surface area contributed by atoms with Gasteiger partial charge in [0.1, 0.15) is 0 Å². The molecule has 15 heavy (non-hydrogen) atoms. The van der Waals surface area contributed by atoms with Crippen LogP contribution in [0.25, 0.3) is 0 Å². The van der Waals surface area contributed by atoms with E-state index in [2.05, 4.69) is 23.3 Å². The monoisotopic (exact) mass is 206 g/mol. The van der Waals surface area contributed by atoms with Crippen LogP contribution in [-0.2, 0) is 11.3 Å². The molecule has 1 aliphatic rings. The van der Waals surface area contributed by atoms with Crippen LogP contribution in [0.3, 0.4) is 0 Å². The van der Waals surface area contributed by atoms with Crippen LogP contribution in [0.5, 0.6) is 0 Å². The predicted octanol–water partition coefficient (Wildman–Crippen LogP) is 1.52. The molecule has 1 fully saturated rings. The summed E-state index contributed by atoms with van der Waals surface area (Å²) in [5.74, 6) is 0.697. The minimum absolute atomic E-state index is 0.686. The van der Waals surface area contributed by atoms with Gasteiger partial charge in [-0.25, -0.2) is 0 Å². The number of aromatic nitrogens is 1. The Hall–Kier alpha value is -0.930. The highest BCUT2D eigenvalue weighted by Gasteiger charge is 2.13. The molecule has 1 atom stereocenters. The molecule has 0 spiro atoms. The van der Waals surface area contributed by atoms with Gasteiger partial charge in [-0.15, -0.1) is 0 Å². The number of ether oxygens (including phenoxy) is 1. The van der Waals surface area contributed by atoms with E-state index >= 15 is 0 Å². The van der Waals surface area contributed by atoms with Gasteiger partial charge in [-0.2, -0.15) is 0 Å². The molecule has 0 bridgehead atoms. The SMILES string of the molecule is Cc1cncc(COCC2CCNC2)c1. The van der Waals surface area contributed by atoms with Crippen molar-refractivity contribution in [1.82, 2.24) is 10.3 Å². The summed E-state index contributed by atoms with van der Waals surface area (Å²) in [4.78, 5) is 4.14. The van der Waals surface area contributed by atoms with Crippen molar-refractivity contribution in [2.45, 2.75) is 20.0 Å². The molecule has 1 aliphatic heterocycles. The van der Waals surface area contributed by atoms with E-state index in [0.29, 0.717) is 12.5 Å². The normalized spacial score (nSPS) is 20.7. The molecule has 0 saturated carbocycles. The second-order valence-corrected chi connectivity index (χ2v) is 4.24. The van der Waals surface area contributed by atoms with Crippen molar-refractivity contribution in [3.63, 3.8) is 0 Å². The fraction of sp³-hybridized carbons (Fsp3) is 0.583. The van der Waals surface area contributed by atoms with Gasteiger partial charge in [0.05, 0.1) is 13.2 Å². The van der Waals surface area contributed by atoms with Gasteiger partial charge in [0.15, 0.2) is 0 Å². The van der Waals surface area contributed by atoms with Crippen molar-refractivity contribution in [2.75, 3.05) is 19.7 Å². The molecule has 1 aromatic rings. The van der Waals surface area contributed by atoms with E-state index in [-0.39, 0.29) is 0 Å². The molecule has 0 aromatic carbocycles. The molecule has 2 rings (SSSR count). The highest BCUT2D eigenvalue weighted by molar-refractivity contribution is 5.15. The molecule has 1 N–H and O–H groups in total. The smallest absolute Gasteiger partial charge is 0.0732 e. The van der Waals surface area contributed by atoms with Crippen LogP contribution in [0.2, 0.25) is 0 Å². The number of rotatable bonds is 4. The zero-order chi connectivity index (χ0) is 10.5. The largest absolute Gasteiger partial charge is 0.376 e. The zero-order valence-corrected chi connectivity index (χ0v) is 9.20. The summed E-state index contributed by atoms with van der Waals surface area (Å²) in [6, 6.07) is 2.12. The zero-order valence-electron chi connectivity index (χ0n) is 9.20. The third kappa shape index (κ3) is 3.29. The standard InChI is InChI=1S/C12H18N2O/c1-10-4-12(7-14-5-10)9-15-8-11-2-3-13-6-11/h4-5,7,11,13H,2-3,6,8-9H2,1H3. The maximum Gasteiger partial charge on any atom is 0.0732 e. The summed E-state index contributed by atoms with van der Waals surface area (Å²) in [5.41, 5.74) is 2.36. The van der Waals surface area contributed by atoms with Crippen LogP contribution in [0.15, 0.2) is 18.5 Å². The minimum Gasteiger partial charge on any atom is -0.376 e. The summed E-state index contributed by atoms with van der Waals surface area (Å²) in [5, 5.41) is 3.34. The Morgan fingerprint density at radius 2 is 2.47 bits per heavy atom. The topological polar surface area (TPSA) is 34.1 Å². The van der Waals surface area contributed by atoms with Crippen LogP contribution in [0, 0.1) is 12.8 Å². The molecular formula is C12H18N2O. The van der Waals surface area contributed by atoms with Crippen LogP contribution in [-0.4, -0.2) is 24.7 Å². The molecule has 1 unspecified atom stereocenters. The maximum atomic E-state index is 5.68. The van der Waals surface area contributed by atoms with Gasteiger partial charge in [-0.05, 0) is 36.9 Å². The number of hydrogen-bond acceptors (Lipinski definition) is 3. The number of aryl methyl sites for hydroxylation is 1. The molecule has 1 saturated heterocycles. The maximum absolute atomic E-state index is 5.68. The van der Waals surface area contributed by atoms with Crippen LogP contribution >= 0.6 is 0 Å². The van der Waals surface area contributed by atoms with E-state index in [9.17, 15) is 0 Å². The lowest BCUT2D eigenvalue weighted by molar-refractivity contribution is 0.0923. The van der Waals surface area contributed by atoms with Gasteiger partial charge >= 0.3 is 0 Å². The third-order valence-electron chi connectivity index (χ3n) is 2.72. The molecule has 2 heterocycles. The van der Waals surface area contributed by atoms with E-state index in [4.69, 9.17) is 4.74 Å². The first kappa shape index (κ1) is 10.6. The average molecular weight is 206 g/mol. The van der Waals surface area contributed by atoms with Gasteiger partial charge in [0, 0.05) is 18.9 Å². The molecule has 3 nitrogen and oxygen atoms in total. The van der Waals surface area contributed by atoms with Crippen molar-refractivity contribution in [2.24, 2.45) is 5.92 Å². The lowest BCUT2D eigenvalue weighted by Crippen LogP contribution is -2.13. The molecular weight excluding hydrogens is 188 g/mol. The second kappa shape index (κ2) is 5.24. The van der Waals surface area contributed by atoms with Crippen LogP contribution in [0.1, 0.15) is 17.5 Å². The quantitative estimate of drug-likeness (QED) is 0.811. The van der Waals surface area contributed by atoms with Crippen molar-refractivity contribution < 1.29 is 4.74 Å². The van der Waals surface area contributed by atoms with Crippen molar-refractivity contribution in [1.29, 1.82) is 0 Å². The van der Waals surface area contributed by atoms with Gasteiger partial charge in [0.2, 0.25) is 0 Å². The van der Waals surface area contributed by atoms with Gasteiger partial charge < -0.3 is 10.1 Å². The first-order valence-corrected chi connectivity index (χ1v) is 5.53. The highest BCUT2D eigenvalue weighted by Crippen LogP contribution is 2.09. The summed E-state index contributed by atoms with van der Waals surface area (Å²) in [6.45, 7) is 5.84. The minimum atomic E-state index is 0.686. The Kier molecular flexibility index (Phi) is 3.69. The molecule has 0 aliphatic carbocycles. The number of nitrogens with zero attached hydrogens (tertiary/aromatic N) is 1. The number of nitrogens with one attached hydrogen (secondary N) is 1. The fourth-order valence-electron chi connectivity index (χ4n) is 1.90. The van der Waals surface area contributed by atoms with E-state index in [1.54, 1.807) is 0 Å². The Labute approximate surface area is 90.9 Å². The first-order valence-electron chi connectivity index (χ1n) is 5.53. The number of pyridine rings is 1. The fourth-order valence-corrected chi connectivity index (χ4v) is 1.90. The second-order valence-electron chi connectivity index (χ2n) is 4.24. The van der Waals surface area contributed by atoms with Crippen LogP contribution in [0.4, 0.5) is 0 Å². The Morgan fingerprint density at radius 3 is 3.20 bits per heavy atom. The molecule has 0 radical (unpaired) electrons. The molecule has 82 valence electrons. The van der Waals surface area contributed by atoms with Crippen LogP contribution < -0.4 is 5.32 Å². The van der Waals surface area contributed by atoms with Gasteiger partial charge in [-0.1, -0.05) is 6.07 Å². The van der Waals surface area contributed by atoms with E-state index in [1.807, 2.05) is 12.4 Å². The van der Waals surface area contributed by atoms with Gasteiger partial charge in [0.25, 0.3) is 0 Å². The average Bonchev–Trinajstić information content (AvgIpc) is 2.71. The highest BCUT2D eigenvalue weighted by atomic mass is 16.5. The Balaban J connectivity index is 1.73. The molecule has 0 amide bonds. The Morgan fingerprint density at radius 1 is 1.53 bits per heavy atom. The lowest BCUT2D eigenvalue weighted by atomic mass is 10.1. The van der Waals surface area contributed by atoms with Crippen molar-refractivity contribution in [3.05, 3.63) is 29.6 Å². The van der Waals surface area contributed by atoms with E-state index < -0.39 is 0 Å². The third-order valence-corrected chi connectivity index (χ3v) is 2.72. The first-order chi connectivity index (χ1) is 7.34. The molecule has 3 heteroatoms. The van der Waals surface area contributed by atoms with Gasteiger partial charge in [-0.3, -0.25) is 4.98 Å².